The van der Waals surface area contributed by atoms with Crippen LogP contribution >= 0.6 is 0 Å². The maximum absolute atomic E-state index is 12.5. The molecule has 1 aromatic heterocycles. The SMILES string of the molecule is CNCC1CCCCN1S(=O)(=O)NC(C)c1ncc[nH]1. The molecule has 114 valence electrons. The summed E-state index contributed by atoms with van der Waals surface area (Å²) in [5.74, 6) is 0.621. The van der Waals surface area contributed by atoms with Crippen LogP contribution in [0.25, 0.3) is 0 Å². The molecular formula is C12H23N5O2S. The third kappa shape index (κ3) is 3.57. The summed E-state index contributed by atoms with van der Waals surface area (Å²) >= 11 is 0. The van der Waals surface area contributed by atoms with Crippen LogP contribution < -0.4 is 10.0 Å². The first-order chi connectivity index (χ1) is 9.54. The second-order valence-corrected chi connectivity index (χ2v) is 6.79. The molecule has 0 amide bonds. The highest BCUT2D eigenvalue weighted by Gasteiger charge is 2.33. The van der Waals surface area contributed by atoms with Crippen LogP contribution in [0.5, 0.6) is 0 Å². The van der Waals surface area contributed by atoms with Crippen LogP contribution in [0.4, 0.5) is 0 Å². The molecule has 2 atom stereocenters. The van der Waals surface area contributed by atoms with Crippen molar-refractivity contribution in [1.82, 2.24) is 24.3 Å². The van der Waals surface area contributed by atoms with Gasteiger partial charge in [0.2, 0.25) is 0 Å². The summed E-state index contributed by atoms with van der Waals surface area (Å²) in [7, 11) is -1.65. The van der Waals surface area contributed by atoms with Crippen LogP contribution in [0.3, 0.4) is 0 Å². The average molecular weight is 301 g/mol. The van der Waals surface area contributed by atoms with Crippen LogP contribution in [0.15, 0.2) is 12.4 Å². The van der Waals surface area contributed by atoms with E-state index in [9.17, 15) is 8.42 Å². The number of likely N-dealkylation sites (N-methyl/N-ethyl adjacent to an activating group) is 1. The molecule has 2 rings (SSSR count). The standard InChI is InChI=1S/C12H23N5O2S/c1-10(12-14-6-7-15-12)16-20(18,19)17-8-4-3-5-11(17)9-13-2/h6-7,10-11,13,16H,3-5,8-9H2,1-2H3,(H,14,15). The van der Waals surface area contributed by atoms with E-state index in [2.05, 4.69) is 20.0 Å². The van der Waals surface area contributed by atoms with Gasteiger partial charge in [0, 0.05) is 31.5 Å². The van der Waals surface area contributed by atoms with E-state index in [0.29, 0.717) is 18.9 Å². The molecule has 0 radical (unpaired) electrons. The van der Waals surface area contributed by atoms with Crippen molar-refractivity contribution in [3.8, 4) is 0 Å². The first-order valence-electron chi connectivity index (χ1n) is 6.97. The lowest BCUT2D eigenvalue weighted by Gasteiger charge is -2.35. The summed E-state index contributed by atoms with van der Waals surface area (Å²) in [5.41, 5.74) is 0. The van der Waals surface area contributed by atoms with E-state index in [1.165, 1.54) is 0 Å². The van der Waals surface area contributed by atoms with Crippen LogP contribution in [0.1, 0.15) is 38.1 Å². The van der Waals surface area contributed by atoms with Crippen molar-refractivity contribution in [3.05, 3.63) is 18.2 Å². The maximum atomic E-state index is 12.5. The Morgan fingerprint density at radius 2 is 2.35 bits per heavy atom. The lowest BCUT2D eigenvalue weighted by atomic mass is 10.1. The lowest BCUT2D eigenvalue weighted by Crippen LogP contribution is -2.52. The fraction of sp³-hybridized carbons (Fsp3) is 0.750. The summed E-state index contributed by atoms with van der Waals surface area (Å²) in [5, 5.41) is 3.07. The number of H-pyrrole nitrogens is 1. The van der Waals surface area contributed by atoms with Gasteiger partial charge in [0.1, 0.15) is 5.82 Å². The molecule has 1 aromatic rings. The number of nitrogens with zero attached hydrogens (tertiary/aromatic N) is 2. The van der Waals surface area contributed by atoms with Crippen LogP contribution in [-0.2, 0) is 10.2 Å². The number of hydrogen-bond donors (Lipinski definition) is 3. The molecule has 2 unspecified atom stereocenters. The fourth-order valence-electron chi connectivity index (χ4n) is 2.59. The number of aromatic amines is 1. The Hall–Kier alpha value is -0.960. The Balaban J connectivity index is 2.08. The van der Waals surface area contributed by atoms with Crippen molar-refractivity contribution in [2.24, 2.45) is 0 Å². The van der Waals surface area contributed by atoms with E-state index < -0.39 is 10.2 Å². The quantitative estimate of drug-likeness (QED) is 0.708. The summed E-state index contributed by atoms with van der Waals surface area (Å²) in [4.78, 5) is 7.02. The van der Waals surface area contributed by atoms with E-state index in [0.717, 1.165) is 19.3 Å². The van der Waals surface area contributed by atoms with E-state index in [1.54, 1.807) is 23.6 Å². The zero-order chi connectivity index (χ0) is 14.6. The Labute approximate surface area is 120 Å². The minimum absolute atomic E-state index is 0.0232. The van der Waals surface area contributed by atoms with Gasteiger partial charge in [-0.05, 0) is 26.8 Å². The minimum Gasteiger partial charge on any atom is -0.347 e. The highest BCUT2D eigenvalue weighted by atomic mass is 32.2. The third-order valence-corrected chi connectivity index (χ3v) is 5.33. The number of imidazole rings is 1. The molecule has 2 heterocycles. The van der Waals surface area contributed by atoms with Crippen LogP contribution in [-0.4, -0.2) is 48.9 Å². The minimum atomic E-state index is -3.50. The van der Waals surface area contributed by atoms with Crippen molar-refractivity contribution < 1.29 is 8.42 Å². The predicted molar refractivity (Wildman–Crippen MR) is 77.3 cm³/mol. The number of hydrogen-bond acceptors (Lipinski definition) is 4. The summed E-state index contributed by atoms with van der Waals surface area (Å²) < 4.78 is 29.3. The molecule has 7 nitrogen and oxygen atoms in total. The Kier molecular flexibility index (Phi) is 5.14. The number of aromatic nitrogens is 2. The predicted octanol–water partition coefficient (Wildman–Crippen LogP) is 0.379. The van der Waals surface area contributed by atoms with Crippen LogP contribution in [0.2, 0.25) is 0 Å². The lowest BCUT2D eigenvalue weighted by molar-refractivity contribution is 0.245. The van der Waals surface area contributed by atoms with Gasteiger partial charge in [0.05, 0.1) is 6.04 Å². The average Bonchev–Trinajstić information content (AvgIpc) is 2.93. The molecule has 3 N–H and O–H groups in total. The zero-order valence-corrected chi connectivity index (χ0v) is 12.8. The van der Waals surface area contributed by atoms with Gasteiger partial charge < -0.3 is 10.3 Å². The van der Waals surface area contributed by atoms with Gasteiger partial charge in [-0.25, -0.2) is 4.98 Å². The van der Waals surface area contributed by atoms with Crippen molar-refractivity contribution in [1.29, 1.82) is 0 Å². The van der Waals surface area contributed by atoms with Gasteiger partial charge in [-0.1, -0.05) is 6.42 Å². The van der Waals surface area contributed by atoms with E-state index in [4.69, 9.17) is 0 Å². The van der Waals surface area contributed by atoms with E-state index in [1.807, 2.05) is 7.05 Å². The highest BCUT2D eigenvalue weighted by Crippen LogP contribution is 2.20. The van der Waals surface area contributed by atoms with E-state index in [-0.39, 0.29) is 12.1 Å². The normalized spacial score (nSPS) is 22.8. The number of piperidine rings is 1. The maximum Gasteiger partial charge on any atom is 0.280 e. The topological polar surface area (TPSA) is 90.1 Å². The molecule has 0 spiro atoms. The fourth-order valence-corrected chi connectivity index (χ4v) is 4.23. The largest absolute Gasteiger partial charge is 0.347 e. The second kappa shape index (κ2) is 6.66. The highest BCUT2D eigenvalue weighted by molar-refractivity contribution is 7.87. The summed E-state index contributed by atoms with van der Waals surface area (Å²) in [6.07, 6.45) is 6.19. The Morgan fingerprint density at radius 3 is 3.00 bits per heavy atom. The molecule has 0 saturated carbocycles. The van der Waals surface area contributed by atoms with Crippen LogP contribution in [0, 0.1) is 0 Å². The zero-order valence-electron chi connectivity index (χ0n) is 12.0. The Morgan fingerprint density at radius 1 is 1.55 bits per heavy atom. The van der Waals surface area contributed by atoms with Gasteiger partial charge in [-0.3, -0.25) is 0 Å². The first-order valence-corrected chi connectivity index (χ1v) is 8.41. The molecule has 0 aromatic carbocycles. The summed E-state index contributed by atoms with van der Waals surface area (Å²) in [6.45, 7) is 3.04. The molecule has 1 fully saturated rings. The third-order valence-electron chi connectivity index (χ3n) is 3.58. The Bertz CT molecular complexity index is 500. The molecule has 8 heteroatoms. The van der Waals surface area contributed by atoms with Crippen molar-refractivity contribution in [2.75, 3.05) is 20.1 Å². The molecule has 1 aliphatic rings. The molecule has 0 aliphatic carbocycles. The smallest absolute Gasteiger partial charge is 0.280 e. The van der Waals surface area contributed by atoms with Gasteiger partial charge in [-0.2, -0.15) is 17.4 Å². The van der Waals surface area contributed by atoms with Gasteiger partial charge >= 0.3 is 0 Å². The molecular weight excluding hydrogens is 278 g/mol. The number of nitrogens with one attached hydrogen (secondary N) is 3. The van der Waals surface area contributed by atoms with Crippen molar-refractivity contribution in [2.45, 2.75) is 38.3 Å². The van der Waals surface area contributed by atoms with Gasteiger partial charge in [0.25, 0.3) is 10.2 Å². The molecule has 1 aliphatic heterocycles. The van der Waals surface area contributed by atoms with Crippen molar-refractivity contribution in [3.63, 3.8) is 0 Å². The molecule has 1 saturated heterocycles. The van der Waals surface area contributed by atoms with Crippen molar-refractivity contribution >= 4 is 10.2 Å². The number of rotatable bonds is 6. The van der Waals surface area contributed by atoms with Gasteiger partial charge in [0.15, 0.2) is 0 Å². The monoisotopic (exact) mass is 301 g/mol. The summed E-state index contributed by atoms with van der Waals surface area (Å²) in [6, 6.07) is -0.345. The molecule has 20 heavy (non-hydrogen) atoms. The van der Waals surface area contributed by atoms with Gasteiger partial charge in [-0.15, -0.1) is 0 Å². The molecule has 0 bridgehead atoms. The second-order valence-electron chi connectivity index (χ2n) is 5.14. The van der Waals surface area contributed by atoms with E-state index >= 15 is 0 Å². The first kappa shape index (κ1) is 15.4.